The molecule has 0 fully saturated rings. The summed E-state index contributed by atoms with van der Waals surface area (Å²) in [6, 6.07) is 17.1. The number of ether oxygens (including phenoxy) is 2. The van der Waals surface area contributed by atoms with Crippen molar-refractivity contribution in [1.82, 2.24) is 9.78 Å². The van der Waals surface area contributed by atoms with Gasteiger partial charge < -0.3 is 9.47 Å². The SMILES string of the molecule is CCOC(=O)c1nn(-c2ccc(Cl)cc2Cl)c2c1C(C)(C)Oc1cc(-c3ccc(F)cc3)ccc1-2. The fourth-order valence-electron chi connectivity index (χ4n) is 4.36. The van der Waals surface area contributed by atoms with E-state index in [1.807, 2.05) is 32.0 Å². The third-order valence-corrected chi connectivity index (χ3v) is 6.41. The van der Waals surface area contributed by atoms with Crippen molar-refractivity contribution in [3.63, 3.8) is 0 Å². The molecule has 0 spiro atoms. The maximum Gasteiger partial charge on any atom is 0.359 e. The molecule has 5 nitrogen and oxygen atoms in total. The average molecular weight is 511 g/mol. The van der Waals surface area contributed by atoms with Crippen LogP contribution in [0, 0.1) is 5.82 Å². The Bertz CT molecular complexity index is 1460. The van der Waals surface area contributed by atoms with Crippen molar-refractivity contribution in [2.24, 2.45) is 0 Å². The van der Waals surface area contributed by atoms with E-state index >= 15 is 0 Å². The first-order valence-electron chi connectivity index (χ1n) is 11.0. The van der Waals surface area contributed by atoms with Crippen molar-refractivity contribution in [2.45, 2.75) is 26.4 Å². The Morgan fingerprint density at radius 3 is 2.46 bits per heavy atom. The van der Waals surface area contributed by atoms with E-state index in [2.05, 4.69) is 5.10 Å². The molecule has 0 bridgehead atoms. The number of hydrogen-bond acceptors (Lipinski definition) is 4. The van der Waals surface area contributed by atoms with Crippen molar-refractivity contribution in [3.05, 3.63) is 87.8 Å². The van der Waals surface area contributed by atoms with Crippen LogP contribution in [0.3, 0.4) is 0 Å². The van der Waals surface area contributed by atoms with Crippen molar-refractivity contribution in [2.75, 3.05) is 6.61 Å². The molecule has 178 valence electrons. The minimum Gasteiger partial charge on any atom is -0.482 e. The normalized spacial score (nSPS) is 13.5. The predicted octanol–water partition coefficient (Wildman–Crippen LogP) is 7.46. The maximum atomic E-state index is 13.4. The summed E-state index contributed by atoms with van der Waals surface area (Å²) in [4.78, 5) is 12.9. The van der Waals surface area contributed by atoms with Crippen LogP contribution >= 0.6 is 23.2 Å². The summed E-state index contributed by atoms with van der Waals surface area (Å²) < 4.78 is 26.8. The van der Waals surface area contributed by atoms with E-state index in [9.17, 15) is 9.18 Å². The molecule has 1 aliphatic heterocycles. The second kappa shape index (κ2) is 8.70. The van der Waals surface area contributed by atoms with E-state index in [1.54, 1.807) is 41.9 Å². The van der Waals surface area contributed by atoms with Gasteiger partial charge in [0.2, 0.25) is 0 Å². The number of nitrogens with zero attached hydrogens (tertiary/aromatic N) is 2. The topological polar surface area (TPSA) is 53.3 Å². The molecule has 0 saturated heterocycles. The summed E-state index contributed by atoms with van der Waals surface area (Å²) in [6.07, 6.45) is 0. The molecule has 5 rings (SSSR count). The Morgan fingerprint density at radius 2 is 1.77 bits per heavy atom. The number of carbonyl (C=O) groups excluding carboxylic acids is 1. The zero-order valence-electron chi connectivity index (χ0n) is 19.2. The molecule has 2 heterocycles. The summed E-state index contributed by atoms with van der Waals surface area (Å²) in [7, 11) is 0. The van der Waals surface area contributed by atoms with Gasteiger partial charge >= 0.3 is 5.97 Å². The van der Waals surface area contributed by atoms with Gasteiger partial charge in [0.1, 0.15) is 17.2 Å². The average Bonchev–Trinajstić information content (AvgIpc) is 3.21. The quantitative estimate of drug-likeness (QED) is 0.267. The zero-order chi connectivity index (χ0) is 24.9. The van der Waals surface area contributed by atoms with E-state index in [0.29, 0.717) is 32.7 Å². The molecule has 1 aromatic heterocycles. The van der Waals surface area contributed by atoms with Gasteiger partial charge in [0.25, 0.3) is 0 Å². The van der Waals surface area contributed by atoms with Crippen LogP contribution in [0.2, 0.25) is 10.0 Å². The lowest BCUT2D eigenvalue weighted by Gasteiger charge is -2.33. The van der Waals surface area contributed by atoms with Gasteiger partial charge in [-0.25, -0.2) is 13.9 Å². The number of carbonyl (C=O) groups is 1. The summed E-state index contributed by atoms with van der Waals surface area (Å²) in [5.41, 5.74) is 3.54. The summed E-state index contributed by atoms with van der Waals surface area (Å²) in [5, 5.41) is 5.51. The Labute approximate surface area is 212 Å². The van der Waals surface area contributed by atoms with E-state index in [0.717, 1.165) is 16.7 Å². The smallest absolute Gasteiger partial charge is 0.359 e. The molecule has 0 unspecified atom stereocenters. The molecule has 0 saturated carbocycles. The highest BCUT2D eigenvalue weighted by molar-refractivity contribution is 6.35. The van der Waals surface area contributed by atoms with Crippen LogP contribution in [0.4, 0.5) is 4.39 Å². The van der Waals surface area contributed by atoms with Crippen LogP contribution in [0.15, 0.2) is 60.7 Å². The zero-order valence-corrected chi connectivity index (χ0v) is 20.7. The first-order valence-corrected chi connectivity index (χ1v) is 11.8. The maximum absolute atomic E-state index is 13.4. The molecule has 0 atom stereocenters. The first-order chi connectivity index (χ1) is 16.7. The van der Waals surface area contributed by atoms with Crippen LogP contribution < -0.4 is 4.74 Å². The van der Waals surface area contributed by atoms with E-state index in [-0.39, 0.29) is 18.1 Å². The molecule has 8 heteroatoms. The Kier molecular flexibility index (Phi) is 5.82. The molecule has 0 amide bonds. The van der Waals surface area contributed by atoms with Crippen molar-refractivity contribution in [3.8, 4) is 33.8 Å². The van der Waals surface area contributed by atoms with Crippen LogP contribution in [0.5, 0.6) is 5.75 Å². The number of esters is 1. The summed E-state index contributed by atoms with van der Waals surface area (Å²) in [6.45, 7) is 5.70. The number of rotatable bonds is 4. The Morgan fingerprint density at radius 1 is 1.06 bits per heavy atom. The number of benzene rings is 3. The second-order valence-electron chi connectivity index (χ2n) is 8.63. The summed E-state index contributed by atoms with van der Waals surface area (Å²) >= 11 is 12.7. The van der Waals surface area contributed by atoms with E-state index in [4.69, 9.17) is 32.7 Å². The third-order valence-electron chi connectivity index (χ3n) is 5.87. The van der Waals surface area contributed by atoms with Gasteiger partial charge in [-0.2, -0.15) is 5.10 Å². The fraction of sp³-hybridized carbons (Fsp3) is 0.185. The highest BCUT2D eigenvalue weighted by Crippen LogP contribution is 2.49. The Balaban J connectivity index is 1.77. The van der Waals surface area contributed by atoms with Gasteiger partial charge in [-0.05, 0) is 74.4 Å². The molecule has 0 aliphatic carbocycles. The lowest BCUT2D eigenvalue weighted by Crippen LogP contribution is -2.31. The van der Waals surface area contributed by atoms with Gasteiger partial charge in [-0.15, -0.1) is 0 Å². The molecule has 0 radical (unpaired) electrons. The highest BCUT2D eigenvalue weighted by Gasteiger charge is 2.42. The summed E-state index contributed by atoms with van der Waals surface area (Å²) in [5.74, 6) is -0.245. The van der Waals surface area contributed by atoms with Gasteiger partial charge in [-0.3, -0.25) is 0 Å². The molecular formula is C27H21Cl2FN2O3. The molecule has 1 aliphatic rings. The van der Waals surface area contributed by atoms with Crippen LogP contribution in [-0.2, 0) is 10.3 Å². The van der Waals surface area contributed by atoms with Crippen molar-refractivity contribution >= 4 is 29.2 Å². The number of hydrogen-bond donors (Lipinski definition) is 0. The molecular weight excluding hydrogens is 490 g/mol. The van der Waals surface area contributed by atoms with E-state index in [1.165, 1.54) is 12.1 Å². The first kappa shape index (κ1) is 23.4. The fourth-order valence-corrected chi connectivity index (χ4v) is 4.85. The number of halogens is 3. The van der Waals surface area contributed by atoms with Gasteiger partial charge in [0.05, 0.1) is 28.6 Å². The molecule has 0 N–H and O–H groups in total. The van der Waals surface area contributed by atoms with Crippen LogP contribution in [0.1, 0.15) is 36.8 Å². The van der Waals surface area contributed by atoms with Crippen molar-refractivity contribution < 1.29 is 18.7 Å². The van der Waals surface area contributed by atoms with Gasteiger partial charge in [0.15, 0.2) is 5.69 Å². The largest absolute Gasteiger partial charge is 0.482 e. The standard InChI is InChI=1S/C27H21Cl2FN2O3/c1-4-34-26(33)24-23-25(32(31-24)21-12-8-17(28)14-20(21)29)19-11-7-16(13-22(19)35-27(23,2)3)15-5-9-18(30)10-6-15/h5-14H,4H2,1-3H3. The minimum absolute atomic E-state index is 0.158. The molecule has 35 heavy (non-hydrogen) atoms. The second-order valence-corrected chi connectivity index (χ2v) is 9.47. The number of fused-ring (bicyclic) bond motifs is 3. The third kappa shape index (κ3) is 4.07. The lowest BCUT2D eigenvalue weighted by atomic mass is 9.88. The monoisotopic (exact) mass is 510 g/mol. The van der Waals surface area contributed by atoms with E-state index < -0.39 is 11.6 Å². The predicted molar refractivity (Wildman–Crippen MR) is 134 cm³/mol. The lowest BCUT2D eigenvalue weighted by molar-refractivity contribution is 0.0500. The highest BCUT2D eigenvalue weighted by atomic mass is 35.5. The number of aromatic nitrogens is 2. The van der Waals surface area contributed by atoms with Crippen LogP contribution in [0.25, 0.3) is 28.1 Å². The molecule has 3 aromatic carbocycles. The Hall–Kier alpha value is -3.35. The minimum atomic E-state index is -0.914. The van der Waals surface area contributed by atoms with Gasteiger partial charge in [0, 0.05) is 10.6 Å². The van der Waals surface area contributed by atoms with Gasteiger partial charge in [-0.1, -0.05) is 41.4 Å². The molecule has 4 aromatic rings. The van der Waals surface area contributed by atoms with Crippen molar-refractivity contribution in [1.29, 1.82) is 0 Å². The van der Waals surface area contributed by atoms with Crippen LogP contribution in [-0.4, -0.2) is 22.4 Å².